The number of nitrogens with zero attached hydrogens (tertiary/aromatic N) is 2. The Labute approximate surface area is 130 Å². The van der Waals surface area contributed by atoms with Crippen molar-refractivity contribution in [1.29, 1.82) is 0 Å². The highest BCUT2D eigenvalue weighted by molar-refractivity contribution is 5.86. The van der Waals surface area contributed by atoms with Crippen molar-refractivity contribution in [1.82, 2.24) is 10.4 Å². The molecule has 0 saturated carbocycles. The Hall–Kier alpha value is -2.69. The molecule has 0 aliphatic carbocycles. The number of rotatable bonds is 5. The van der Waals surface area contributed by atoms with E-state index in [1.54, 1.807) is 6.92 Å². The van der Waals surface area contributed by atoms with Gasteiger partial charge in [0, 0.05) is 11.4 Å². The van der Waals surface area contributed by atoms with E-state index in [4.69, 9.17) is 0 Å². The summed E-state index contributed by atoms with van der Waals surface area (Å²) in [4.78, 5) is 16.3. The van der Waals surface area contributed by atoms with E-state index in [9.17, 15) is 4.79 Å². The van der Waals surface area contributed by atoms with E-state index in [-0.39, 0.29) is 11.9 Å². The van der Waals surface area contributed by atoms with Crippen molar-refractivity contribution in [2.75, 3.05) is 5.32 Å². The lowest BCUT2D eigenvalue weighted by Crippen LogP contribution is -2.35. The molecule has 2 N–H and O–H groups in total. The predicted octanol–water partition coefficient (Wildman–Crippen LogP) is 2.65. The van der Waals surface area contributed by atoms with Crippen LogP contribution in [0.15, 0.2) is 47.6 Å². The smallest absolute Gasteiger partial charge is 0.262 e. The number of anilines is 1. The molecule has 0 aliphatic heterocycles. The van der Waals surface area contributed by atoms with E-state index in [0.29, 0.717) is 5.69 Å². The molecule has 0 spiro atoms. The van der Waals surface area contributed by atoms with Gasteiger partial charge in [-0.05, 0) is 44.5 Å². The lowest BCUT2D eigenvalue weighted by atomic mass is 10.2. The summed E-state index contributed by atoms with van der Waals surface area (Å²) in [6.07, 6.45) is 1.53. The Balaban J connectivity index is 1.90. The lowest BCUT2D eigenvalue weighted by molar-refractivity contribution is -0.121. The van der Waals surface area contributed by atoms with Crippen LogP contribution in [0.5, 0.6) is 0 Å². The molecule has 0 fully saturated rings. The number of hydrogen-bond donors (Lipinski definition) is 2. The second kappa shape index (κ2) is 7.36. The van der Waals surface area contributed by atoms with Gasteiger partial charge in [0.15, 0.2) is 0 Å². The molecule has 1 heterocycles. The maximum absolute atomic E-state index is 12.0. The average Bonchev–Trinajstić information content (AvgIpc) is 2.49. The molecule has 0 aliphatic rings. The van der Waals surface area contributed by atoms with Crippen LogP contribution in [-0.4, -0.2) is 23.1 Å². The van der Waals surface area contributed by atoms with E-state index >= 15 is 0 Å². The monoisotopic (exact) mass is 296 g/mol. The normalized spacial score (nSPS) is 12.1. The summed E-state index contributed by atoms with van der Waals surface area (Å²) in [6, 6.07) is 13.1. The van der Waals surface area contributed by atoms with Gasteiger partial charge in [-0.1, -0.05) is 24.3 Å². The molecule has 0 bridgehead atoms. The largest absolute Gasteiger partial charge is 0.374 e. The van der Waals surface area contributed by atoms with Crippen LogP contribution in [-0.2, 0) is 4.79 Å². The first kappa shape index (κ1) is 15.7. The van der Waals surface area contributed by atoms with Crippen molar-refractivity contribution >= 4 is 17.8 Å². The minimum atomic E-state index is -0.385. The van der Waals surface area contributed by atoms with Gasteiger partial charge in [0.1, 0.15) is 6.04 Å². The molecule has 1 aromatic carbocycles. The topological polar surface area (TPSA) is 66.4 Å². The SMILES string of the molecule is Cc1cccc(C=NNC(=O)[C@@H](C)Nc2ccccc2C)n1. The van der Waals surface area contributed by atoms with E-state index in [2.05, 4.69) is 20.8 Å². The zero-order valence-corrected chi connectivity index (χ0v) is 13.0. The molecule has 0 radical (unpaired) electrons. The van der Waals surface area contributed by atoms with Gasteiger partial charge < -0.3 is 5.32 Å². The first-order chi connectivity index (χ1) is 10.6. The zero-order chi connectivity index (χ0) is 15.9. The highest BCUT2D eigenvalue weighted by Crippen LogP contribution is 2.14. The predicted molar refractivity (Wildman–Crippen MR) is 89.0 cm³/mol. The standard InChI is InChI=1S/C17H20N4O/c1-12-7-4-5-10-16(12)20-14(3)17(22)21-18-11-15-9-6-8-13(2)19-15/h4-11,14,20H,1-3H3,(H,21,22)/t14-/m1/s1. The molecule has 1 amide bonds. The number of pyridine rings is 1. The number of amides is 1. The molecule has 22 heavy (non-hydrogen) atoms. The number of hydrogen-bond acceptors (Lipinski definition) is 4. The Morgan fingerprint density at radius 1 is 1.18 bits per heavy atom. The van der Waals surface area contributed by atoms with Crippen molar-refractivity contribution in [3.63, 3.8) is 0 Å². The van der Waals surface area contributed by atoms with Gasteiger partial charge in [0.25, 0.3) is 5.91 Å². The van der Waals surface area contributed by atoms with Gasteiger partial charge >= 0.3 is 0 Å². The molecule has 1 aromatic heterocycles. The summed E-state index contributed by atoms with van der Waals surface area (Å²) in [6.45, 7) is 5.70. The van der Waals surface area contributed by atoms with Crippen LogP contribution in [0.3, 0.4) is 0 Å². The number of aryl methyl sites for hydroxylation is 2. The molecule has 5 heteroatoms. The zero-order valence-electron chi connectivity index (χ0n) is 13.0. The van der Waals surface area contributed by atoms with Gasteiger partial charge in [-0.15, -0.1) is 0 Å². The lowest BCUT2D eigenvalue weighted by Gasteiger charge is -2.15. The fourth-order valence-electron chi connectivity index (χ4n) is 1.93. The molecule has 2 rings (SSSR count). The Morgan fingerprint density at radius 3 is 2.68 bits per heavy atom. The minimum Gasteiger partial charge on any atom is -0.374 e. The third-order valence-corrected chi connectivity index (χ3v) is 3.19. The van der Waals surface area contributed by atoms with Crippen molar-refractivity contribution in [2.24, 2.45) is 5.10 Å². The van der Waals surface area contributed by atoms with Gasteiger partial charge in [-0.3, -0.25) is 9.78 Å². The van der Waals surface area contributed by atoms with Crippen LogP contribution < -0.4 is 10.7 Å². The van der Waals surface area contributed by atoms with E-state index in [0.717, 1.165) is 16.9 Å². The molecule has 2 aromatic rings. The van der Waals surface area contributed by atoms with Gasteiger partial charge in [0.05, 0.1) is 11.9 Å². The average molecular weight is 296 g/mol. The maximum atomic E-state index is 12.0. The van der Waals surface area contributed by atoms with Crippen LogP contribution in [0.25, 0.3) is 0 Å². The third-order valence-electron chi connectivity index (χ3n) is 3.19. The maximum Gasteiger partial charge on any atom is 0.262 e. The number of aromatic nitrogens is 1. The molecular formula is C17H20N4O. The van der Waals surface area contributed by atoms with Crippen LogP contribution in [0.4, 0.5) is 5.69 Å². The highest BCUT2D eigenvalue weighted by Gasteiger charge is 2.12. The molecule has 0 unspecified atom stereocenters. The fraction of sp³-hybridized carbons (Fsp3) is 0.235. The molecule has 114 valence electrons. The first-order valence-corrected chi connectivity index (χ1v) is 7.15. The van der Waals surface area contributed by atoms with Gasteiger partial charge in [0.2, 0.25) is 0 Å². The fourth-order valence-corrected chi connectivity index (χ4v) is 1.93. The molecular weight excluding hydrogens is 276 g/mol. The highest BCUT2D eigenvalue weighted by atomic mass is 16.2. The number of hydrazone groups is 1. The second-order valence-electron chi connectivity index (χ2n) is 5.12. The summed E-state index contributed by atoms with van der Waals surface area (Å²) < 4.78 is 0. The summed E-state index contributed by atoms with van der Waals surface area (Å²) >= 11 is 0. The van der Waals surface area contributed by atoms with Crippen LogP contribution in [0, 0.1) is 13.8 Å². The molecule has 5 nitrogen and oxygen atoms in total. The number of nitrogens with one attached hydrogen (secondary N) is 2. The third kappa shape index (κ3) is 4.41. The van der Waals surface area contributed by atoms with Crippen molar-refractivity contribution in [2.45, 2.75) is 26.8 Å². The second-order valence-corrected chi connectivity index (χ2v) is 5.12. The van der Waals surface area contributed by atoms with E-state index in [1.807, 2.05) is 56.3 Å². The summed E-state index contributed by atoms with van der Waals surface area (Å²) in [5, 5.41) is 7.11. The number of para-hydroxylation sites is 1. The Bertz CT molecular complexity index is 682. The number of carbonyl (C=O) groups is 1. The quantitative estimate of drug-likeness (QED) is 0.658. The Morgan fingerprint density at radius 2 is 1.95 bits per heavy atom. The van der Waals surface area contributed by atoms with Crippen LogP contribution in [0.2, 0.25) is 0 Å². The Kier molecular flexibility index (Phi) is 5.25. The van der Waals surface area contributed by atoms with Gasteiger partial charge in [-0.25, -0.2) is 5.43 Å². The van der Waals surface area contributed by atoms with Crippen LogP contribution in [0.1, 0.15) is 23.9 Å². The first-order valence-electron chi connectivity index (χ1n) is 7.15. The summed E-state index contributed by atoms with van der Waals surface area (Å²) in [5.74, 6) is -0.202. The van der Waals surface area contributed by atoms with Crippen molar-refractivity contribution in [3.8, 4) is 0 Å². The number of benzene rings is 1. The number of carbonyl (C=O) groups excluding carboxylic acids is 1. The summed E-state index contributed by atoms with van der Waals surface area (Å²) in [7, 11) is 0. The summed E-state index contributed by atoms with van der Waals surface area (Å²) in [5.41, 5.74) is 6.17. The van der Waals surface area contributed by atoms with Crippen molar-refractivity contribution in [3.05, 3.63) is 59.4 Å². The van der Waals surface area contributed by atoms with Gasteiger partial charge in [-0.2, -0.15) is 5.10 Å². The minimum absolute atomic E-state index is 0.202. The molecule has 0 saturated heterocycles. The van der Waals surface area contributed by atoms with E-state index < -0.39 is 0 Å². The molecule has 1 atom stereocenters. The van der Waals surface area contributed by atoms with Crippen LogP contribution >= 0.6 is 0 Å². The van der Waals surface area contributed by atoms with Crippen molar-refractivity contribution < 1.29 is 4.79 Å². The van der Waals surface area contributed by atoms with E-state index in [1.165, 1.54) is 6.21 Å².